The first-order chi connectivity index (χ1) is 17.4. The minimum absolute atomic E-state index is 0.0283. The minimum atomic E-state index is -0.990. The molecule has 0 aliphatic heterocycles. The van der Waals surface area contributed by atoms with Gasteiger partial charge in [-0.3, -0.25) is 9.59 Å². The first-order valence-corrected chi connectivity index (χ1v) is 13.3. The topological polar surface area (TPSA) is 71.5 Å². The van der Waals surface area contributed by atoms with Crippen molar-refractivity contribution in [3.05, 3.63) is 80.5 Å². The Hall–Kier alpha value is -2.68. The Balaban J connectivity index is 1.76. The van der Waals surface area contributed by atoms with Gasteiger partial charge >= 0.3 is 0 Å². The van der Waals surface area contributed by atoms with Crippen molar-refractivity contribution >= 4 is 46.5 Å². The number of nitrogens with zero attached hydrogens (tertiary/aromatic N) is 2. The van der Waals surface area contributed by atoms with Gasteiger partial charge in [0.1, 0.15) is 27.0 Å². The van der Waals surface area contributed by atoms with Crippen LogP contribution in [-0.2, 0) is 11.3 Å². The quantitative estimate of drug-likeness (QED) is 0.333. The molecule has 1 saturated carbocycles. The summed E-state index contributed by atoms with van der Waals surface area (Å²) >= 11 is 13.3. The van der Waals surface area contributed by atoms with Crippen molar-refractivity contribution in [2.45, 2.75) is 51.2 Å². The number of halogens is 3. The van der Waals surface area contributed by atoms with Crippen LogP contribution in [0.1, 0.15) is 60.3 Å². The van der Waals surface area contributed by atoms with Crippen molar-refractivity contribution in [1.29, 1.82) is 0 Å². The fourth-order valence-corrected chi connectivity index (χ4v) is 5.32. The lowest BCUT2D eigenvalue weighted by molar-refractivity contribution is -0.126. The highest BCUT2D eigenvalue weighted by Gasteiger charge is 2.36. The second kappa shape index (κ2) is 12.0. The van der Waals surface area contributed by atoms with Crippen LogP contribution in [0.4, 0.5) is 4.39 Å². The van der Waals surface area contributed by atoms with Gasteiger partial charge < -0.3 is 15.0 Å². The summed E-state index contributed by atoms with van der Waals surface area (Å²) in [6.07, 6.45) is 3.87. The summed E-state index contributed by atoms with van der Waals surface area (Å²) in [7, 11) is 0. The van der Waals surface area contributed by atoms with E-state index in [1.165, 1.54) is 17.0 Å². The van der Waals surface area contributed by atoms with Gasteiger partial charge in [-0.2, -0.15) is 4.37 Å². The number of aromatic nitrogens is 1. The number of nitrogens with one attached hydrogen (secondary N) is 1. The lowest BCUT2D eigenvalue weighted by Gasteiger charge is -2.32. The number of hydrogen-bond acceptors (Lipinski definition) is 5. The first kappa shape index (κ1) is 26.4. The second-order valence-electron chi connectivity index (χ2n) is 8.57. The standard InChI is InChI=1S/C26H26Cl2FN3O3S/c1-2-35-20-13-9-17(10-14-20)23(25(33)30-19-5-3-4-6-19)32(15-16-7-11-18(29)12-8-16)26(34)22-21(27)24(28)36-31-22/h7-14,19,23H,2-6,15H2,1H3,(H,30,33). The molecule has 2 aromatic carbocycles. The molecule has 1 fully saturated rings. The molecule has 0 saturated heterocycles. The molecule has 1 unspecified atom stereocenters. The van der Waals surface area contributed by atoms with Crippen molar-refractivity contribution < 1.29 is 18.7 Å². The molecule has 1 aliphatic rings. The molecule has 1 aromatic heterocycles. The molecule has 36 heavy (non-hydrogen) atoms. The maximum atomic E-state index is 13.8. The van der Waals surface area contributed by atoms with Crippen molar-refractivity contribution in [3.8, 4) is 5.75 Å². The molecule has 10 heteroatoms. The highest BCUT2D eigenvalue weighted by molar-refractivity contribution is 7.11. The van der Waals surface area contributed by atoms with E-state index in [0.29, 0.717) is 23.5 Å². The molecular weight excluding hydrogens is 524 g/mol. The summed E-state index contributed by atoms with van der Waals surface area (Å²) in [5.74, 6) is -0.596. The van der Waals surface area contributed by atoms with Crippen LogP contribution >= 0.6 is 34.7 Å². The average molecular weight is 550 g/mol. The minimum Gasteiger partial charge on any atom is -0.494 e. The van der Waals surface area contributed by atoms with Gasteiger partial charge in [0, 0.05) is 12.6 Å². The number of carbonyl (C=O) groups excluding carboxylic acids is 2. The molecule has 0 radical (unpaired) electrons. The summed E-state index contributed by atoms with van der Waals surface area (Å²) in [4.78, 5) is 29.0. The van der Waals surface area contributed by atoms with E-state index in [9.17, 15) is 14.0 Å². The lowest BCUT2D eigenvalue weighted by atomic mass is 10.0. The lowest BCUT2D eigenvalue weighted by Crippen LogP contribution is -2.46. The molecule has 1 heterocycles. The van der Waals surface area contributed by atoms with Crippen molar-refractivity contribution in [1.82, 2.24) is 14.6 Å². The average Bonchev–Trinajstić information content (AvgIpc) is 3.50. The Bertz CT molecular complexity index is 1200. The molecule has 6 nitrogen and oxygen atoms in total. The SMILES string of the molecule is CCOc1ccc(C(C(=O)NC2CCCC2)N(Cc2ccc(F)cc2)C(=O)c2nsc(Cl)c2Cl)cc1. The Labute approximate surface area is 223 Å². The zero-order valence-electron chi connectivity index (χ0n) is 19.7. The van der Waals surface area contributed by atoms with Crippen LogP contribution in [0.3, 0.4) is 0 Å². The third kappa shape index (κ3) is 6.17. The number of benzene rings is 2. The van der Waals surface area contributed by atoms with Gasteiger partial charge in [0.15, 0.2) is 5.69 Å². The zero-order valence-corrected chi connectivity index (χ0v) is 22.0. The Morgan fingerprint density at radius 2 is 1.81 bits per heavy atom. The fraction of sp³-hybridized carbons (Fsp3) is 0.346. The van der Waals surface area contributed by atoms with E-state index < -0.39 is 17.8 Å². The van der Waals surface area contributed by atoms with Crippen LogP contribution in [0.5, 0.6) is 5.75 Å². The molecule has 2 amide bonds. The van der Waals surface area contributed by atoms with E-state index >= 15 is 0 Å². The predicted molar refractivity (Wildman–Crippen MR) is 139 cm³/mol. The van der Waals surface area contributed by atoms with Gasteiger partial charge in [-0.25, -0.2) is 4.39 Å². The fourth-order valence-electron chi connectivity index (χ4n) is 4.33. The predicted octanol–water partition coefficient (Wildman–Crippen LogP) is 6.43. The van der Waals surface area contributed by atoms with Crippen molar-refractivity contribution in [2.24, 2.45) is 0 Å². The Morgan fingerprint density at radius 1 is 1.14 bits per heavy atom. The van der Waals surface area contributed by atoms with E-state index in [0.717, 1.165) is 37.2 Å². The van der Waals surface area contributed by atoms with Gasteiger partial charge in [-0.1, -0.05) is 60.3 Å². The van der Waals surface area contributed by atoms with Gasteiger partial charge in [0.05, 0.1) is 6.61 Å². The van der Waals surface area contributed by atoms with Crippen LogP contribution in [0.15, 0.2) is 48.5 Å². The van der Waals surface area contributed by atoms with Crippen LogP contribution in [0.25, 0.3) is 0 Å². The normalized spacial score (nSPS) is 14.4. The Kier molecular flexibility index (Phi) is 8.82. The molecule has 190 valence electrons. The van der Waals surface area contributed by atoms with Crippen molar-refractivity contribution in [3.63, 3.8) is 0 Å². The molecule has 0 spiro atoms. The Morgan fingerprint density at radius 3 is 2.39 bits per heavy atom. The summed E-state index contributed by atoms with van der Waals surface area (Å²) in [5, 5.41) is 3.16. The summed E-state index contributed by atoms with van der Waals surface area (Å²) in [6, 6.07) is 11.9. The van der Waals surface area contributed by atoms with E-state index in [1.54, 1.807) is 36.4 Å². The number of rotatable bonds is 9. The van der Waals surface area contributed by atoms with E-state index in [1.807, 2.05) is 6.92 Å². The largest absolute Gasteiger partial charge is 0.494 e. The molecule has 1 N–H and O–H groups in total. The highest BCUT2D eigenvalue weighted by Crippen LogP contribution is 2.34. The molecular formula is C26H26Cl2FN3O3S. The molecule has 3 aromatic rings. The van der Waals surface area contributed by atoms with E-state index in [4.69, 9.17) is 27.9 Å². The molecule has 1 aliphatic carbocycles. The third-order valence-corrected chi connectivity index (χ3v) is 7.71. The number of ether oxygens (including phenoxy) is 1. The summed E-state index contributed by atoms with van der Waals surface area (Å²) in [5.41, 5.74) is 1.21. The van der Waals surface area contributed by atoms with Crippen LogP contribution in [-0.4, -0.2) is 33.7 Å². The zero-order chi connectivity index (χ0) is 25.7. The number of amides is 2. The summed E-state index contributed by atoms with van der Waals surface area (Å²) in [6.45, 7) is 2.42. The van der Waals surface area contributed by atoms with Crippen molar-refractivity contribution in [2.75, 3.05) is 6.61 Å². The molecule has 0 bridgehead atoms. The van der Waals surface area contributed by atoms with E-state index in [2.05, 4.69) is 9.69 Å². The van der Waals surface area contributed by atoms with Gasteiger partial charge in [-0.15, -0.1) is 0 Å². The second-order valence-corrected chi connectivity index (χ2v) is 10.3. The molecule has 1 atom stereocenters. The van der Waals surface area contributed by atoms with Crippen LogP contribution < -0.4 is 10.1 Å². The smallest absolute Gasteiger partial charge is 0.276 e. The van der Waals surface area contributed by atoms with Gasteiger partial charge in [-0.05, 0) is 66.7 Å². The number of carbonyl (C=O) groups is 2. The monoisotopic (exact) mass is 549 g/mol. The highest BCUT2D eigenvalue weighted by atomic mass is 35.5. The van der Waals surface area contributed by atoms with Crippen LogP contribution in [0.2, 0.25) is 9.36 Å². The summed E-state index contributed by atoms with van der Waals surface area (Å²) < 4.78 is 23.5. The third-order valence-electron chi connectivity index (χ3n) is 6.10. The van der Waals surface area contributed by atoms with Crippen LogP contribution in [0, 0.1) is 5.82 Å². The van der Waals surface area contributed by atoms with Gasteiger partial charge in [0.25, 0.3) is 5.91 Å². The van der Waals surface area contributed by atoms with E-state index in [-0.39, 0.29) is 33.5 Å². The maximum Gasteiger partial charge on any atom is 0.276 e. The molecule has 4 rings (SSSR count). The number of hydrogen-bond donors (Lipinski definition) is 1. The first-order valence-electron chi connectivity index (χ1n) is 11.8. The van der Waals surface area contributed by atoms with Gasteiger partial charge in [0.2, 0.25) is 5.91 Å². The maximum absolute atomic E-state index is 13.8.